The first kappa shape index (κ1) is 12.7. The molecule has 1 amide bonds. The van der Waals surface area contributed by atoms with Crippen LogP contribution in [-0.4, -0.2) is 25.5 Å². The molecule has 8 heteroatoms. The monoisotopic (exact) mass is 291 g/mol. The van der Waals surface area contributed by atoms with Crippen molar-refractivity contribution in [2.75, 3.05) is 0 Å². The first-order chi connectivity index (χ1) is 9.63. The van der Waals surface area contributed by atoms with Crippen LogP contribution in [0.2, 0.25) is 0 Å². The van der Waals surface area contributed by atoms with Gasteiger partial charge in [0.25, 0.3) is 5.91 Å². The van der Waals surface area contributed by atoms with E-state index in [2.05, 4.69) is 20.4 Å². The Balaban J connectivity index is 1.71. The van der Waals surface area contributed by atoms with Gasteiger partial charge in [-0.05, 0) is 13.0 Å². The van der Waals surface area contributed by atoms with Crippen molar-refractivity contribution in [3.63, 3.8) is 0 Å². The topological polar surface area (TPSA) is 72.2 Å². The SMILES string of the molecule is Cc1nn2cc(CNC(=O)c3ccncc3F)nc2s1. The van der Waals surface area contributed by atoms with Crippen LogP contribution in [0.5, 0.6) is 0 Å². The van der Waals surface area contributed by atoms with Gasteiger partial charge in [-0.15, -0.1) is 0 Å². The molecule has 0 saturated heterocycles. The minimum Gasteiger partial charge on any atom is -0.346 e. The molecule has 6 nitrogen and oxygen atoms in total. The average molecular weight is 291 g/mol. The van der Waals surface area contributed by atoms with Crippen molar-refractivity contribution in [2.45, 2.75) is 13.5 Å². The molecule has 0 bridgehead atoms. The van der Waals surface area contributed by atoms with Gasteiger partial charge in [0.15, 0.2) is 5.82 Å². The van der Waals surface area contributed by atoms with E-state index in [1.165, 1.54) is 23.6 Å². The number of pyridine rings is 1. The summed E-state index contributed by atoms with van der Waals surface area (Å²) in [6.07, 6.45) is 4.12. The van der Waals surface area contributed by atoms with Crippen LogP contribution in [0.25, 0.3) is 4.96 Å². The van der Waals surface area contributed by atoms with Crippen LogP contribution in [0.4, 0.5) is 4.39 Å². The minimum atomic E-state index is -0.645. The van der Waals surface area contributed by atoms with E-state index in [0.29, 0.717) is 5.69 Å². The zero-order valence-corrected chi connectivity index (χ0v) is 11.3. The van der Waals surface area contributed by atoms with E-state index in [4.69, 9.17) is 0 Å². The summed E-state index contributed by atoms with van der Waals surface area (Å²) in [5, 5.41) is 7.76. The lowest BCUT2D eigenvalue weighted by Crippen LogP contribution is -2.24. The smallest absolute Gasteiger partial charge is 0.254 e. The van der Waals surface area contributed by atoms with Crippen LogP contribution >= 0.6 is 11.3 Å². The Morgan fingerprint density at radius 3 is 3.15 bits per heavy atom. The summed E-state index contributed by atoms with van der Waals surface area (Å²) in [6, 6.07) is 1.33. The van der Waals surface area contributed by atoms with Crippen LogP contribution in [0, 0.1) is 12.7 Å². The second-order valence-electron chi connectivity index (χ2n) is 4.12. The van der Waals surface area contributed by atoms with Crippen molar-refractivity contribution in [3.8, 4) is 0 Å². The number of imidazole rings is 1. The van der Waals surface area contributed by atoms with Crippen molar-refractivity contribution < 1.29 is 9.18 Å². The van der Waals surface area contributed by atoms with Crippen LogP contribution < -0.4 is 5.32 Å². The number of halogens is 1. The number of rotatable bonds is 3. The lowest BCUT2D eigenvalue weighted by Gasteiger charge is -2.03. The van der Waals surface area contributed by atoms with E-state index >= 15 is 0 Å². The predicted octanol–water partition coefficient (Wildman–Crippen LogP) is 1.56. The highest BCUT2D eigenvalue weighted by Gasteiger charge is 2.12. The molecule has 0 aliphatic rings. The molecule has 0 atom stereocenters. The second-order valence-corrected chi connectivity index (χ2v) is 5.28. The number of nitrogens with zero attached hydrogens (tertiary/aromatic N) is 4. The maximum atomic E-state index is 13.4. The number of fused-ring (bicyclic) bond motifs is 1. The van der Waals surface area contributed by atoms with Crippen molar-refractivity contribution >= 4 is 22.2 Å². The number of hydrogen-bond acceptors (Lipinski definition) is 5. The first-order valence-electron chi connectivity index (χ1n) is 5.83. The fourth-order valence-corrected chi connectivity index (χ4v) is 2.50. The van der Waals surface area contributed by atoms with E-state index in [-0.39, 0.29) is 12.1 Å². The fraction of sp³-hybridized carbons (Fsp3) is 0.167. The van der Waals surface area contributed by atoms with Crippen molar-refractivity contribution in [1.82, 2.24) is 24.9 Å². The Morgan fingerprint density at radius 1 is 1.55 bits per heavy atom. The Morgan fingerprint density at radius 2 is 2.40 bits per heavy atom. The van der Waals surface area contributed by atoms with Crippen LogP contribution in [0.15, 0.2) is 24.7 Å². The molecule has 0 unspecified atom stereocenters. The van der Waals surface area contributed by atoms with Gasteiger partial charge in [0.1, 0.15) is 5.01 Å². The van der Waals surface area contributed by atoms with E-state index in [1.54, 1.807) is 10.7 Å². The molecule has 3 rings (SSSR count). The summed E-state index contributed by atoms with van der Waals surface area (Å²) in [4.78, 5) is 20.5. The molecule has 0 spiro atoms. The maximum Gasteiger partial charge on any atom is 0.254 e. The molecule has 0 fully saturated rings. The number of carbonyl (C=O) groups is 1. The lowest BCUT2D eigenvalue weighted by molar-refractivity contribution is 0.0946. The first-order valence-corrected chi connectivity index (χ1v) is 6.64. The zero-order chi connectivity index (χ0) is 14.1. The third-order valence-corrected chi connectivity index (χ3v) is 3.48. The number of hydrogen-bond donors (Lipinski definition) is 1. The van der Waals surface area contributed by atoms with E-state index in [9.17, 15) is 9.18 Å². The normalized spacial score (nSPS) is 10.9. The molecule has 0 aromatic carbocycles. The zero-order valence-electron chi connectivity index (χ0n) is 10.5. The molecular formula is C12H10FN5OS. The number of nitrogens with one attached hydrogen (secondary N) is 1. The molecule has 0 aliphatic heterocycles. The largest absolute Gasteiger partial charge is 0.346 e. The van der Waals surface area contributed by atoms with Crippen LogP contribution in [-0.2, 0) is 6.54 Å². The summed E-state index contributed by atoms with van der Waals surface area (Å²) in [5.41, 5.74) is 0.640. The molecule has 3 aromatic heterocycles. The van der Waals surface area contributed by atoms with E-state index in [0.717, 1.165) is 16.2 Å². The standard InChI is InChI=1S/C12H10FN5OS/c1-7-17-18-6-8(16-12(18)20-7)4-15-11(19)9-2-3-14-5-10(9)13/h2-3,5-6H,4H2,1H3,(H,15,19). The van der Waals surface area contributed by atoms with Crippen molar-refractivity contribution in [2.24, 2.45) is 0 Å². The van der Waals surface area contributed by atoms with Gasteiger partial charge in [0.05, 0.1) is 30.2 Å². The summed E-state index contributed by atoms with van der Waals surface area (Å²) < 4.78 is 15.0. The minimum absolute atomic E-state index is 0.0324. The number of aromatic nitrogens is 4. The molecule has 102 valence electrons. The van der Waals surface area contributed by atoms with Gasteiger partial charge in [0, 0.05) is 6.20 Å². The van der Waals surface area contributed by atoms with E-state index in [1.807, 2.05) is 6.92 Å². The second kappa shape index (κ2) is 4.97. The molecule has 3 aromatic rings. The van der Waals surface area contributed by atoms with Crippen molar-refractivity contribution in [1.29, 1.82) is 0 Å². The molecular weight excluding hydrogens is 281 g/mol. The molecule has 1 N–H and O–H groups in total. The van der Waals surface area contributed by atoms with Gasteiger partial charge < -0.3 is 5.32 Å². The highest BCUT2D eigenvalue weighted by molar-refractivity contribution is 7.16. The van der Waals surface area contributed by atoms with Crippen LogP contribution in [0.1, 0.15) is 21.1 Å². The van der Waals surface area contributed by atoms with Gasteiger partial charge in [-0.3, -0.25) is 9.78 Å². The summed E-state index contributed by atoms with van der Waals surface area (Å²) in [7, 11) is 0. The quantitative estimate of drug-likeness (QED) is 0.795. The summed E-state index contributed by atoms with van der Waals surface area (Å²) in [6.45, 7) is 2.11. The molecule has 3 heterocycles. The van der Waals surface area contributed by atoms with Crippen molar-refractivity contribution in [3.05, 3.63) is 46.7 Å². The predicted molar refractivity (Wildman–Crippen MR) is 71.0 cm³/mol. The Kier molecular flexibility index (Phi) is 3.15. The maximum absolute atomic E-state index is 13.4. The lowest BCUT2D eigenvalue weighted by atomic mass is 10.2. The van der Waals surface area contributed by atoms with E-state index < -0.39 is 11.7 Å². The third-order valence-electron chi connectivity index (χ3n) is 2.64. The van der Waals surface area contributed by atoms with Gasteiger partial charge in [0.2, 0.25) is 4.96 Å². The highest BCUT2D eigenvalue weighted by atomic mass is 32.1. The average Bonchev–Trinajstić information content (AvgIpc) is 2.93. The molecule has 0 aliphatic carbocycles. The number of carbonyl (C=O) groups excluding carboxylic acids is 1. The number of aryl methyl sites for hydroxylation is 1. The molecule has 0 saturated carbocycles. The summed E-state index contributed by atoms with van der Waals surface area (Å²) in [5.74, 6) is -1.14. The fourth-order valence-electron chi connectivity index (χ4n) is 1.76. The van der Waals surface area contributed by atoms with Gasteiger partial charge >= 0.3 is 0 Å². The summed E-state index contributed by atoms with van der Waals surface area (Å²) >= 11 is 1.47. The Bertz CT molecular complexity index is 750. The third kappa shape index (κ3) is 2.37. The Labute approximate surface area is 117 Å². The highest BCUT2D eigenvalue weighted by Crippen LogP contribution is 2.13. The van der Waals surface area contributed by atoms with Gasteiger partial charge in [-0.25, -0.2) is 13.9 Å². The van der Waals surface area contributed by atoms with Gasteiger partial charge in [-0.1, -0.05) is 11.3 Å². The van der Waals surface area contributed by atoms with Crippen LogP contribution in [0.3, 0.4) is 0 Å². The van der Waals surface area contributed by atoms with Gasteiger partial charge in [-0.2, -0.15) is 5.10 Å². The number of amides is 1. The molecule has 20 heavy (non-hydrogen) atoms. The Hall–Kier alpha value is -2.35. The molecule has 0 radical (unpaired) electrons.